The SMILES string of the molecule is CCN1CCC(C#N)(NC(=O)[C@@](C)(NC(=O)c2ccc(-c3c(Cl)cccc3Cl)nc2)c2c(F)cccc2F)CC1. The normalized spacial score (nSPS) is 16.4. The van der Waals surface area contributed by atoms with Crippen molar-refractivity contribution in [2.24, 2.45) is 0 Å². The highest BCUT2D eigenvalue weighted by Crippen LogP contribution is 2.34. The number of halogens is 4. The molecule has 3 aromatic rings. The second-order valence-electron chi connectivity index (χ2n) is 9.79. The second-order valence-corrected chi connectivity index (χ2v) is 10.6. The molecule has 11 heteroatoms. The van der Waals surface area contributed by atoms with Crippen molar-refractivity contribution < 1.29 is 18.4 Å². The fraction of sp³-hybridized carbons (Fsp3) is 0.310. The molecule has 4 rings (SSSR count). The largest absolute Gasteiger partial charge is 0.335 e. The van der Waals surface area contributed by atoms with Crippen molar-refractivity contribution in [3.8, 4) is 17.3 Å². The number of amides is 2. The first-order valence-electron chi connectivity index (χ1n) is 12.7. The highest BCUT2D eigenvalue weighted by molar-refractivity contribution is 6.39. The maximum atomic E-state index is 15.0. The van der Waals surface area contributed by atoms with Gasteiger partial charge in [0.05, 0.1) is 32.9 Å². The van der Waals surface area contributed by atoms with Crippen LogP contribution in [0.25, 0.3) is 11.3 Å². The van der Waals surface area contributed by atoms with Crippen LogP contribution in [0.15, 0.2) is 54.7 Å². The Hall–Kier alpha value is -3.58. The van der Waals surface area contributed by atoms with Gasteiger partial charge < -0.3 is 15.5 Å². The number of likely N-dealkylation sites (tertiary alicyclic amines) is 1. The average Bonchev–Trinajstić information content (AvgIpc) is 2.93. The van der Waals surface area contributed by atoms with E-state index in [1.165, 1.54) is 25.3 Å². The third-order valence-electron chi connectivity index (χ3n) is 7.25. The van der Waals surface area contributed by atoms with Gasteiger partial charge in [-0.2, -0.15) is 5.26 Å². The third kappa shape index (κ3) is 5.80. The number of pyridine rings is 1. The van der Waals surface area contributed by atoms with E-state index >= 15 is 8.78 Å². The summed E-state index contributed by atoms with van der Waals surface area (Å²) in [4.78, 5) is 33.5. The monoisotopic (exact) mass is 585 g/mol. The topological polar surface area (TPSA) is 98.1 Å². The van der Waals surface area contributed by atoms with Crippen LogP contribution in [0.1, 0.15) is 42.6 Å². The summed E-state index contributed by atoms with van der Waals surface area (Å²) in [6, 6.07) is 13.3. The Balaban J connectivity index is 1.66. The summed E-state index contributed by atoms with van der Waals surface area (Å²) in [6.45, 7) is 5.12. The van der Waals surface area contributed by atoms with Crippen LogP contribution >= 0.6 is 23.2 Å². The van der Waals surface area contributed by atoms with E-state index in [-0.39, 0.29) is 5.56 Å². The fourth-order valence-corrected chi connectivity index (χ4v) is 5.38. The number of aromatic nitrogens is 1. The van der Waals surface area contributed by atoms with E-state index in [9.17, 15) is 14.9 Å². The van der Waals surface area contributed by atoms with Gasteiger partial charge in [0.25, 0.3) is 11.8 Å². The van der Waals surface area contributed by atoms with Gasteiger partial charge in [-0.15, -0.1) is 0 Å². The summed E-state index contributed by atoms with van der Waals surface area (Å²) in [6.07, 6.45) is 1.89. The van der Waals surface area contributed by atoms with Crippen LogP contribution < -0.4 is 10.6 Å². The summed E-state index contributed by atoms with van der Waals surface area (Å²) in [5.74, 6) is -3.77. The van der Waals surface area contributed by atoms with Crippen LogP contribution in [0.3, 0.4) is 0 Å². The van der Waals surface area contributed by atoms with Crippen LogP contribution in [0.2, 0.25) is 10.0 Å². The molecule has 0 bridgehead atoms. The lowest BCUT2D eigenvalue weighted by Gasteiger charge is -2.40. The quantitative estimate of drug-likeness (QED) is 0.383. The number of carbonyl (C=O) groups is 2. The van der Waals surface area contributed by atoms with Crippen molar-refractivity contribution in [3.05, 3.63) is 87.5 Å². The number of nitrogens with zero attached hydrogens (tertiary/aromatic N) is 3. The molecule has 1 atom stereocenters. The number of nitriles is 1. The summed E-state index contributed by atoms with van der Waals surface area (Å²) in [7, 11) is 0. The van der Waals surface area contributed by atoms with Gasteiger partial charge in [-0.3, -0.25) is 14.6 Å². The van der Waals surface area contributed by atoms with E-state index in [0.717, 1.165) is 24.7 Å². The standard InChI is InChI=1S/C29H27Cl2F2N5O2/c1-3-38-14-12-29(17-34,13-15-38)37-27(40)28(2,25-21(32)8-5-9-22(25)33)36-26(39)18-10-11-23(35-16-18)24-19(30)6-4-7-20(24)31/h4-11,16H,3,12-15H2,1-2H3,(H,36,39)(H,37,40)/t28-/m0/s1. The molecular weight excluding hydrogens is 559 g/mol. The van der Waals surface area contributed by atoms with E-state index < -0.39 is 40.1 Å². The van der Waals surface area contributed by atoms with Crippen LogP contribution in [0.4, 0.5) is 8.78 Å². The molecule has 1 saturated heterocycles. The first-order valence-corrected chi connectivity index (χ1v) is 13.4. The molecule has 2 amide bonds. The molecule has 0 saturated carbocycles. The number of nitrogens with one attached hydrogen (secondary N) is 2. The minimum absolute atomic E-state index is 0.0222. The van der Waals surface area contributed by atoms with Crippen molar-refractivity contribution in [1.82, 2.24) is 20.5 Å². The van der Waals surface area contributed by atoms with Crippen molar-refractivity contribution in [1.29, 1.82) is 5.26 Å². The Morgan fingerprint density at radius 3 is 2.20 bits per heavy atom. The first-order chi connectivity index (χ1) is 19.0. The maximum Gasteiger partial charge on any atom is 0.253 e. The van der Waals surface area contributed by atoms with Crippen molar-refractivity contribution in [3.63, 3.8) is 0 Å². The van der Waals surface area contributed by atoms with Gasteiger partial charge in [-0.1, -0.05) is 42.3 Å². The first kappa shape index (κ1) is 29.4. The number of carbonyl (C=O) groups excluding carboxylic acids is 2. The smallest absolute Gasteiger partial charge is 0.253 e. The summed E-state index contributed by atoms with van der Waals surface area (Å²) >= 11 is 12.5. The molecule has 0 radical (unpaired) electrons. The number of hydrogen-bond acceptors (Lipinski definition) is 5. The zero-order valence-corrected chi connectivity index (χ0v) is 23.4. The van der Waals surface area contributed by atoms with E-state index in [1.54, 1.807) is 18.2 Å². The van der Waals surface area contributed by atoms with Crippen molar-refractivity contribution >= 4 is 35.0 Å². The maximum absolute atomic E-state index is 15.0. The lowest BCUT2D eigenvalue weighted by atomic mass is 9.84. The highest BCUT2D eigenvalue weighted by Gasteiger charge is 2.46. The van der Waals surface area contributed by atoms with E-state index in [4.69, 9.17) is 23.2 Å². The zero-order chi connectivity index (χ0) is 29.1. The molecule has 0 unspecified atom stereocenters. The number of hydrogen-bond donors (Lipinski definition) is 2. The molecule has 0 spiro atoms. The molecule has 208 valence electrons. The van der Waals surface area contributed by atoms with Gasteiger partial charge >= 0.3 is 0 Å². The van der Waals surface area contributed by atoms with Gasteiger partial charge in [0, 0.05) is 24.8 Å². The molecular formula is C29H27Cl2F2N5O2. The van der Waals surface area contributed by atoms with Gasteiger partial charge in [-0.25, -0.2) is 8.78 Å². The number of benzene rings is 2. The predicted octanol–water partition coefficient (Wildman–Crippen LogP) is 5.47. The Morgan fingerprint density at radius 2 is 1.68 bits per heavy atom. The third-order valence-corrected chi connectivity index (χ3v) is 7.88. The molecule has 2 heterocycles. The van der Waals surface area contributed by atoms with E-state index in [2.05, 4.69) is 26.6 Å². The average molecular weight is 586 g/mol. The number of piperidine rings is 1. The second kappa shape index (κ2) is 11.9. The molecule has 2 N–H and O–H groups in total. The van der Waals surface area contributed by atoms with E-state index in [1.807, 2.05) is 6.92 Å². The van der Waals surface area contributed by atoms with Gasteiger partial charge in [0.15, 0.2) is 0 Å². The minimum atomic E-state index is -2.21. The molecule has 1 aliphatic heterocycles. The highest BCUT2D eigenvalue weighted by atomic mass is 35.5. The van der Waals surface area contributed by atoms with Gasteiger partial charge in [-0.05, 0) is 62.7 Å². The van der Waals surface area contributed by atoms with Crippen LogP contribution in [-0.4, -0.2) is 46.9 Å². The molecule has 2 aromatic carbocycles. The van der Waals surface area contributed by atoms with Crippen molar-refractivity contribution in [2.45, 2.75) is 37.8 Å². The molecule has 1 fully saturated rings. The lowest BCUT2D eigenvalue weighted by Crippen LogP contribution is -2.62. The van der Waals surface area contributed by atoms with Crippen LogP contribution in [-0.2, 0) is 10.3 Å². The molecule has 1 aliphatic rings. The van der Waals surface area contributed by atoms with Gasteiger partial charge in [0.1, 0.15) is 22.7 Å². The van der Waals surface area contributed by atoms with Crippen LogP contribution in [0.5, 0.6) is 0 Å². The summed E-state index contributed by atoms with van der Waals surface area (Å²) in [5, 5.41) is 15.9. The van der Waals surface area contributed by atoms with Crippen molar-refractivity contribution in [2.75, 3.05) is 19.6 Å². The number of rotatable bonds is 7. The Labute approximate surface area is 241 Å². The predicted molar refractivity (Wildman–Crippen MR) is 149 cm³/mol. The fourth-order valence-electron chi connectivity index (χ4n) is 4.78. The Bertz CT molecular complexity index is 1430. The molecule has 1 aromatic heterocycles. The van der Waals surface area contributed by atoms with Gasteiger partial charge in [0.2, 0.25) is 0 Å². The summed E-state index contributed by atoms with van der Waals surface area (Å²) in [5.41, 5.74) is -3.20. The Morgan fingerprint density at radius 1 is 1.07 bits per heavy atom. The molecule has 7 nitrogen and oxygen atoms in total. The lowest BCUT2D eigenvalue weighted by molar-refractivity contribution is -0.129. The van der Waals surface area contributed by atoms with E-state index in [0.29, 0.717) is 47.2 Å². The molecule has 0 aliphatic carbocycles. The zero-order valence-electron chi connectivity index (χ0n) is 21.9. The summed E-state index contributed by atoms with van der Waals surface area (Å²) < 4.78 is 30.1. The van der Waals surface area contributed by atoms with Crippen LogP contribution in [0, 0.1) is 23.0 Å². The Kier molecular flexibility index (Phi) is 8.74. The minimum Gasteiger partial charge on any atom is -0.335 e. The molecule has 40 heavy (non-hydrogen) atoms.